The third-order valence-corrected chi connectivity index (χ3v) is 5.35. The lowest BCUT2D eigenvalue weighted by Gasteiger charge is -2.20. The first-order valence-corrected chi connectivity index (χ1v) is 10.4. The molecule has 0 N–H and O–H groups in total. The van der Waals surface area contributed by atoms with Crippen molar-refractivity contribution in [3.63, 3.8) is 0 Å². The van der Waals surface area contributed by atoms with E-state index in [-0.39, 0.29) is 24.5 Å². The van der Waals surface area contributed by atoms with E-state index in [1.165, 1.54) is 24.0 Å². The Morgan fingerprint density at radius 1 is 1.27 bits per heavy atom. The molecule has 10 heteroatoms. The highest BCUT2D eigenvalue weighted by Gasteiger charge is 2.24. The van der Waals surface area contributed by atoms with Crippen molar-refractivity contribution in [3.8, 4) is 0 Å². The lowest BCUT2D eigenvalue weighted by atomic mass is 10.1. The van der Waals surface area contributed by atoms with E-state index >= 15 is 0 Å². The fourth-order valence-corrected chi connectivity index (χ4v) is 3.64. The molecule has 0 saturated heterocycles. The third-order valence-electron chi connectivity index (χ3n) is 4.22. The average Bonchev–Trinajstić information content (AvgIpc) is 3.10. The largest absolute Gasteiger partial charge is 0.382 e. The van der Waals surface area contributed by atoms with Crippen LogP contribution in [0.1, 0.15) is 24.2 Å². The minimum absolute atomic E-state index is 0.0688. The van der Waals surface area contributed by atoms with Crippen molar-refractivity contribution in [2.24, 2.45) is 0 Å². The first-order chi connectivity index (χ1) is 14.4. The molecule has 0 aliphatic carbocycles. The number of halogens is 3. The zero-order valence-electron chi connectivity index (χ0n) is 15.9. The van der Waals surface area contributed by atoms with Crippen molar-refractivity contribution in [2.45, 2.75) is 31.3 Å². The number of hydrogen-bond acceptors (Lipinski definition) is 5. The van der Waals surface area contributed by atoms with Crippen LogP contribution in [-0.2, 0) is 17.9 Å². The molecule has 2 aromatic carbocycles. The SMILES string of the molecule is CCSc1nc([N+](=O)[O-])cn1CC(OCc1ccc(Cl)cc1)c1ccc(F)cc1F. The molecule has 30 heavy (non-hydrogen) atoms. The lowest BCUT2D eigenvalue weighted by molar-refractivity contribution is -0.389. The monoisotopic (exact) mass is 453 g/mol. The molecule has 3 aromatic rings. The van der Waals surface area contributed by atoms with E-state index in [0.29, 0.717) is 15.9 Å². The molecule has 3 rings (SSSR count). The number of benzene rings is 2. The van der Waals surface area contributed by atoms with Crippen LogP contribution in [-0.4, -0.2) is 20.2 Å². The Kier molecular flexibility index (Phi) is 7.41. The lowest BCUT2D eigenvalue weighted by Crippen LogP contribution is -2.15. The maximum atomic E-state index is 14.5. The number of thioether (sulfide) groups is 1. The van der Waals surface area contributed by atoms with Gasteiger partial charge in [0, 0.05) is 22.4 Å². The molecule has 0 fully saturated rings. The molecule has 158 valence electrons. The van der Waals surface area contributed by atoms with Gasteiger partial charge in [0.05, 0.1) is 13.2 Å². The minimum atomic E-state index is -0.828. The molecule has 1 atom stereocenters. The van der Waals surface area contributed by atoms with Gasteiger partial charge in [-0.2, -0.15) is 0 Å². The summed E-state index contributed by atoms with van der Waals surface area (Å²) in [5.74, 6) is -1.11. The molecule has 0 amide bonds. The van der Waals surface area contributed by atoms with Crippen LogP contribution in [0, 0.1) is 21.7 Å². The highest BCUT2D eigenvalue weighted by atomic mass is 35.5. The molecular formula is C20H18ClF2N3O3S. The quantitative estimate of drug-likeness (QED) is 0.233. The molecule has 6 nitrogen and oxygen atoms in total. The average molecular weight is 454 g/mol. The summed E-state index contributed by atoms with van der Waals surface area (Å²) in [6.07, 6.45) is 0.462. The molecule has 0 aliphatic heterocycles. The Bertz CT molecular complexity index is 1030. The van der Waals surface area contributed by atoms with Crippen LogP contribution in [0.5, 0.6) is 0 Å². The second-order valence-electron chi connectivity index (χ2n) is 6.32. The highest BCUT2D eigenvalue weighted by molar-refractivity contribution is 7.99. The van der Waals surface area contributed by atoms with Crippen molar-refractivity contribution < 1.29 is 18.4 Å². The Morgan fingerprint density at radius 3 is 2.63 bits per heavy atom. The summed E-state index contributed by atoms with van der Waals surface area (Å²) in [4.78, 5) is 14.6. The summed E-state index contributed by atoms with van der Waals surface area (Å²) in [6, 6.07) is 10.2. The molecule has 0 spiro atoms. The number of hydrogen-bond donors (Lipinski definition) is 0. The fourth-order valence-electron chi connectivity index (χ4n) is 2.81. The van der Waals surface area contributed by atoms with Crippen LogP contribution >= 0.6 is 23.4 Å². The van der Waals surface area contributed by atoms with Crippen LogP contribution in [0.3, 0.4) is 0 Å². The molecule has 0 radical (unpaired) electrons. The summed E-state index contributed by atoms with van der Waals surface area (Å²) >= 11 is 7.22. The second kappa shape index (κ2) is 10.0. The van der Waals surface area contributed by atoms with E-state index in [2.05, 4.69) is 4.98 Å². The molecule has 0 bridgehead atoms. The summed E-state index contributed by atoms with van der Waals surface area (Å²) in [6.45, 7) is 2.11. The van der Waals surface area contributed by atoms with Gasteiger partial charge in [-0.1, -0.05) is 48.5 Å². The Balaban J connectivity index is 1.90. The van der Waals surface area contributed by atoms with Crippen molar-refractivity contribution >= 4 is 29.2 Å². The standard InChI is InChI=1S/C20H18ClF2N3O3S/c1-2-30-20-24-19(26(27)28)11-25(20)10-18(16-8-7-15(22)9-17(16)23)29-12-13-3-5-14(21)6-4-13/h3-9,11,18H,2,10,12H2,1H3. The maximum absolute atomic E-state index is 14.5. The zero-order valence-corrected chi connectivity index (χ0v) is 17.5. The van der Waals surface area contributed by atoms with Crippen LogP contribution in [0.15, 0.2) is 53.8 Å². The minimum Gasteiger partial charge on any atom is -0.367 e. The third kappa shape index (κ3) is 5.56. The van der Waals surface area contributed by atoms with Gasteiger partial charge in [0.1, 0.15) is 23.9 Å². The molecule has 1 heterocycles. The van der Waals surface area contributed by atoms with Gasteiger partial charge in [-0.15, -0.1) is 0 Å². The van der Waals surface area contributed by atoms with E-state index in [4.69, 9.17) is 16.3 Å². The number of rotatable bonds is 9. The van der Waals surface area contributed by atoms with Crippen molar-refractivity contribution in [3.05, 3.63) is 86.6 Å². The van der Waals surface area contributed by atoms with Gasteiger partial charge in [-0.05, 0) is 33.7 Å². The Labute approximate surface area is 181 Å². The summed E-state index contributed by atoms with van der Waals surface area (Å²) in [5.41, 5.74) is 0.959. The van der Waals surface area contributed by atoms with Crippen LogP contribution in [0.2, 0.25) is 5.02 Å². The number of imidazole rings is 1. The van der Waals surface area contributed by atoms with Gasteiger partial charge >= 0.3 is 5.82 Å². The molecule has 1 aromatic heterocycles. The van der Waals surface area contributed by atoms with Crippen LogP contribution in [0.25, 0.3) is 0 Å². The van der Waals surface area contributed by atoms with Gasteiger partial charge in [0.15, 0.2) is 0 Å². The first kappa shape index (κ1) is 22.2. The highest BCUT2D eigenvalue weighted by Crippen LogP contribution is 2.29. The Hall–Kier alpha value is -2.49. The van der Waals surface area contributed by atoms with Gasteiger partial charge in [0.25, 0.3) is 5.16 Å². The van der Waals surface area contributed by atoms with Crippen molar-refractivity contribution in [1.82, 2.24) is 9.55 Å². The topological polar surface area (TPSA) is 70.2 Å². The normalized spacial score (nSPS) is 12.1. The maximum Gasteiger partial charge on any atom is 0.382 e. The zero-order chi connectivity index (χ0) is 21.7. The van der Waals surface area contributed by atoms with Crippen LogP contribution in [0.4, 0.5) is 14.6 Å². The van der Waals surface area contributed by atoms with Crippen LogP contribution < -0.4 is 0 Å². The summed E-state index contributed by atoms with van der Waals surface area (Å²) in [7, 11) is 0. The van der Waals surface area contributed by atoms with Gasteiger partial charge in [0.2, 0.25) is 0 Å². The summed E-state index contributed by atoms with van der Waals surface area (Å²) < 4.78 is 35.4. The smallest absolute Gasteiger partial charge is 0.367 e. The van der Waals surface area contributed by atoms with Crippen molar-refractivity contribution in [1.29, 1.82) is 0 Å². The molecule has 1 unspecified atom stereocenters. The predicted molar refractivity (Wildman–Crippen MR) is 111 cm³/mol. The molecular weight excluding hydrogens is 436 g/mol. The molecule has 0 saturated carbocycles. The fraction of sp³-hybridized carbons (Fsp3) is 0.250. The van der Waals surface area contributed by atoms with E-state index in [0.717, 1.165) is 17.7 Å². The van der Waals surface area contributed by atoms with E-state index in [1.54, 1.807) is 28.8 Å². The van der Waals surface area contributed by atoms with E-state index < -0.39 is 22.7 Å². The summed E-state index contributed by atoms with van der Waals surface area (Å²) in [5, 5.41) is 12.1. The van der Waals surface area contributed by atoms with Gasteiger partial charge in [-0.25, -0.2) is 8.78 Å². The van der Waals surface area contributed by atoms with Gasteiger partial charge in [-0.3, -0.25) is 4.57 Å². The Morgan fingerprint density at radius 2 is 2.00 bits per heavy atom. The van der Waals surface area contributed by atoms with Crippen molar-refractivity contribution in [2.75, 3.05) is 5.75 Å². The molecule has 0 aliphatic rings. The number of nitro groups is 1. The first-order valence-electron chi connectivity index (χ1n) is 9.02. The number of nitrogens with zero attached hydrogens (tertiary/aromatic N) is 3. The number of aromatic nitrogens is 2. The second-order valence-corrected chi connectivity index (χ2v) is 7.98. The predicted octanol–water partition coefficient (Wildman–Crippen LogP) is 5.79. The van der Waals surface area contributed by atoms with Gasteiger partial charge < -0.3 is 14.9 Å². The van der Waals surface area contributed by atoms with E-state index in [1.807, 2.05) is 6.92 Å². The van der Waals surface area contributed by atoms with E-state index in [9.17, 15) is 18.9 Å². The number of ether oxygens (including phenoxy) is 1.